The maximum absolute atomic E-state index is 12.6. The summed E-state index contributed by atoms with van der Waals surface area (Å²) in [5.74, 6) is -0.764. The Morgan fingerprint density at radius 1 is 1.09 bits per heavy atom. The van der Waals surface area contributed by atoms with Crippen LogP contribution in [0.15, 0.2) is 70.2 Å². The summed E-state index contributed by atoms with van der Waals surface area (Å²) in [6, 6.07) is 16.4. The van der Waals surface area contributed by atoms with Gasteiger partial charge in [0.25, 0.3) is 0 Å². The fourth-order valence-corrected chi connectivity index (χ4v) is 3.67. The molecule has 0 saturated heterocycles. The van der Waals surface area contributed by atoms with Crippen molar-refractivity contribution >= 4 is 39.7 Å². The number of nitrogens with zero attached hydrogens (tertiary/aromatic N) is 4. The number of hydrogen-bond acceptors (Lipinski definition) is 8. The van der Waals surface area contributed by atoms with Crippen molar-refractivity contribution in [2.24, 2.45) is 10.2 Å². The number of azo groups is 1. The molecule has 9 heteroatoms. The molecule has 0 radical (unpaired) electrons. The van der Waals surface area contributed by atoms with Gasteiger partial charge in [-0.25, -0.2) is 9.78 Å². The van der Waals surface area contributed by atoms with E-state index < -0.39 is 12.0 Å². The minimum absolute atomic E-state index is 0.0360. The van der Waals surface area contributed by atoms with Crippen LogP contribution in [0.4, 0.5) is 16.5 Å². The van der Waals surface area contributed by atoms with E-state index in [1.807, 2.05) is 73.6 Å². The first kappa shape index (κ1) is 24.1. The van der Waals surface area contributed by atoms with Crippen LogP contribution in [-0.4, -0.2) is 43.6 Å². The standard InChI is InChI=1S/C24H27N5O3S/c1-4-32-23(31)21(14-17-8-6-5-7-9-17)26-22(30)15-19-16-33-24(25-19)28-27-18-10-12-20(13-11-18)29(2)3/h5-13,16,21H,4,14-15H2,1-3H3,(H,26,30)/t21-/m0/s1. The second-order valence-electron chi connectivity index (χ2n) is 7.47. The first-order valence-electron chi connectivity index (χ1n) is 10.6. The predicted molar refractivity (Wildman–Crippen MR) is 129 cm³/mol. The van der Waals surface area contributed by atoms with Crippen LogP contribution in [0.2, 0.25) is 0 Å². The Morgan fingerprint density at radius 2 is 1.82 bits per heavy atom. The van der Waals surface area contributed by atoms with Crippen LogP contribution in [-0.2, 0) is 27.2 Å². The fraction of sp³-hybridized carbons (Fsp3) is 0.292. The molecule has 1 aromatic heterocycles. The van der Waals surface area contributed by atoms with Crippen LogP contribution >= 0.6 is 11.3 Å². The van der Waals surface area contributed by atoms with E-state index in [1.165, 1.54) is 11.3 Å². The number of benzene rings is 2. The van der Waals surface area contributed by atoms with Gasteiger partial charge in [-0.3, -0.25) is 4.79 Å². The van der Waals surface area contributed by atoms with E-state index in [0.29, 0.717) is 22.9 Å². The van der Waals surface area contributed by atoms with Crippen molar-refractivity contribution in [3.8, 4) is 0 Å². The topological polar surface area (TPSA) is 96.2 Å². The smallest absolute Gasteiger partial charge is 0.328 e. The van der Waals surface area contributed by atoms with E-state index >= 15 is 0 Å². The highest BCUT2D eigenvalue weighted by Gasteiger charge is 2.23. The number of rotatable bonds is 10. The monoisotopic (exact) mass is 465 g/mol. The molecule has 3 rings (SSSR count). The molecule has 0 unspecified atom stereocenters. The summed E-state index contributed by atoms with van der Waals surface area (Å²) in [5, 5.41) is 13.4. The molecular formula is C24H27N5O3S. The molecule has 33 heavy (non-hydrogen) atoms. The quantitative estimate of drug-likeness (QED) is 0.352. The Labute approximate surface area is 197 Å². The minimum atomic E-state index is -0.761. The molecule has 0 aliphatic rings. The zero-order valence-corrected chi connectivity index (χ0v) is 19.7. The van der Waals surface area contributed by atoms with Crippen molar-refractivity contribution in [1.29, 1.82) is 0 Å². The molecule has 3 aromatic rings. The highest BCUT2D eigenvalue weighted by atomic mass is 32.1. The van der Waals surface area contributed by atoms with Gasteiger partial charge < -0.3 is 15.0 Å². The van der Waals surface area contributed by atoms with E-state index in [1.54, 1.807) is 12.3 Å². The van der Waals surface area contributed by atoms with Crippen LogP contribution in [0.1, 0.15) is 18.2 Å². The number of carbonyl (C=O) groups is 2. The predicted octanol–water partition coefficient (Wildman–Crippen LogP) is 4.46. The van der Waals surface area contributed by atoms with E-state index in [0.717, 1.165) is 11.3 Å². The average Bonchev–Trinajstić information content (AvgIpc) is 3.25. The zero-order valence-electron chi connectivity index (χ0n) is 18.9. The molecule has 1 heterocycles. The van der Waals surface area contributed by atoms with Gasteiger partial charge in [-0.15, -0.1) is 21.6 Å². The van der Waals surface area contributed by atoms with Crippen molar-refractivity contribution < 1.29 is 14.3 Å². The van der Waals surface area contributed by atoms with Crippen LogP contribution in [0.3, 0.4) is 0 Å². The van der Waals surface area contributed by atoms with Gasteiger partial charge in [0.2, 0.25) is 11.0 Å². The van der Waals surface area contributed by atoms with Crippen molar-refractivity contribution in [1.82, 2.24) is 10.3 Å². The van der Waals surface area contributed by atoms with E-state index in [-0.39, 0.29) is 18.9 Å². The van der Waals surface area contributed by atoms with Crippen molar-refractivity contribution in [3.63, 3.8) is 0 Å². The second kappa shape index (κ2) is 11.9. The zero-order chi connectivity index (χ0) is 23.6. The summed E-state index contributed by atoms with van der Waals surface area (Å²) >= 11 is 1.30. The van der Waals surface area contributed by atoms with Crippen LogP contribution < -0.4 is 10.2 Å². The third-order valence-corrected chi connectivity index (χ3v) is 5.46. The summed E-state index contributed by atoms with van der Waals surface area (Å²) in [6.45, 7) is 1.99. The molecule has 1 N–H and O–H groups in total. The van der Waals surface area contributed by atoms with Gasteiger partial charge in [-0.05, 0) is 36.8 Å². The number of amides is 1. The van der Waals surface area contributed by atoms with Gasteiger partial charge in [-0.1, -0.05) is 30.3 Å². The number of ether oxygens (including phenoxy) is 1. The van der Waals surface area contributed by atoms with Gasteiger partial charge >= 0.3 is 5.97 Å². The summed E-state index contributed by atoms with van der Waals surface area (Å²) in [5.41, 5.74) is 3.29. The average molecular weight is 466 g/mol. The molecule has 0 aliphatic heterocycles. The molecular weight excluding hydrogens is 438 g/mol. The Morgan fingerprint density at radius 3 is 2.48 bits per heavy atom. The van der Waals surface area contributed by atoms with Crippen molar-refractivity contribution in [3.05, 3.63) is 71.2 Å². The van der Waals surface area contributed by atoms with Gasteiger partial charge in [0.1, 0.15) is 6.04 Å². The van der Waals surface area contributed by atoms with Gasteiger partial charge in [0, 0.05) is 31.6 Å². The molecule has 172 valence electrons. The van der Waals surface area contributed by atoms with Crippen molar-refractivity contribution in [2.75, 3.05) is 25.6 Å². The lowest BCUT2D eigenvalue weighted by Crippen LogP contribution is -2.44. The lowest BCUT2D eigenvalue weighted by molar-refractivity contribution is -0.147. The number of aromatic nitrogens is 1. The lowest BCUT2D eigenvalue weighted by Gasteiger charge is -2.17. The number of hydrogen-bond donors (Lipinski definition) is 1. The SMILES string of the molecule is CCOC(=O)[C@H](Cc1ccccc1)NC(=O)Cc1csc(N=Nc2ccc(N(C)C)cc2)n1. The van der Waals surface area contributed by atoms with Crippen LogP contribution in [0, 0.1) is 0 Å². The Hall–Kier alpha value is -3.59. The number of esters is 1. The number of nitrogens with one attached hydrogen (secondary N) is 1. The molecule has 0 saturated carbocycles. The molecule has 8 nitrogen and oxygen atoms in total. The first-order valence-corrected chi connectivity index (χ1v) is 11.5. The van der Waals surface area contributed by atoms with Crippen LogP contribution in [0.5, 0.6) is 0 Å². The minimum Gasteiger partial charge on any atom is -0.464 e. The molecule has 2 aromatic carbocycles. The third kappa shape index (κ3) is 7.50. The molecule has 0 bridgehead atoms. The summed E-state index contributed by atoms with van der Waals surface area (Å²) in [4.78, 5) is 31.3. The van der Waals surface area contributed by atoms with Gasteiger partial charge in [0.15, 0.2) is 0 Å². The van der Waals surface area contributed by atoms with Gasteiger partial charge in [0.05, 0.1) is 24.4 Å². The lowest BCUT2D eigenvalue weighted by atomic mass is 10.1. The van der Waals surface area contributed by atoms with Gasteiger partial charge in [-0.2, -0.15) is 0 Å². The summed E-state index contributed by atoms with van der Waals surface area (Å²) in [6.07, 6.45) is 0.392. The van der Waals surface area contributed by atoms with Crippen molar-refractivity contribution in [2.45, 2.75) is 25.8 Å². The number of carbonyl (C=O) groups excluding carboxylic acids is 2. The first-order chi connectivity index (χ1) is 15.9. The number of anilines is 1. The summed E-state index contributed by atoms with van der Waals surface area (Å²) in [7, 11) is 3.95. The van der Waals surface area contributed by atoms with E-state index in [9.17, 15) is 9.59 Å². The maximum Gasteiger partial charge on any atom is 0.328 e. The highest BCUT2D eigenvalue weighted by Crippen LogP contribution is 2.24. The highest BCUT2D eigenvalue weighted by molar-refractivity contribution is 7.13. The number of thiazole rings is 1. The largest absolute Gasteiger partial charge is 0.464 e. The Balaban J connectivity index is 1.59. The fourth-order valence-electron chi connectivity index (χ4n) is 3.04. The maximum atomic E-state index is 12.6. The van der Waals surface area contributed by atoms with E-state index in [2.05, 4.69) is 20.5 Å². The molecule has 0 spiro atoms. The molecule has 1 atom stereocenters. The molecule has 0 aliphatic carbocycles. The molecule has 1 amide bonds. The van der Waals surface area contributed by atoms with Crippen LogP contribution in [0.25, 0.3) is 0 Å². The molecule has 0 fully saturated rings. The Bertz CT molecular complexity index is 1080. The Kier molecular flexibility index (Phi) is 8.65. The normalized spacial score (nSPS) is 11.8. The summed E-state index contributed by atoms with van der Waals surface area (Å²) < 4.78 is 5.13. The second-order valence-corrected chi connectivity index (χ2v) is 8.31. The van der Waals surface area contributed by atoms with E-state index in [4.69, 9.17) is 4.74 Å². The third-order valence-electron chi connectivity index (χ3n) is 4.69.